The molecule has 0 unspecified atom stereocenters. The van der Waals surface area contributed by atoms with Crippen LogP contribution in [0.3, 0.4) is 0 Å². The minimum absolute atomic E-state index is 0. The van der Waals surface area contributed by atoms with Gasteiger partial charge in [0.25, 0.3) is 0 Å². The van der Waals surface area contributed by atoms with Crippen molar-refractivity contribution in [1.29, 1.82) is 0 Å². The summed E-state index contributed by atoms with van der Waals surface area (Å²) in [5.74, 6) is -0.226. The Kier molecular flexibility index (Phi) is 7.27. The Bertz CT molecular complexity index is 436. The predicted molar refractivity (Wildman–Crippen MR) is 88.7 cm³/mol. The number of benzene rings is 1. The van der Waals surface area contributed by atoms with E-state index in [9.17, 15) is 4.39 Å². The molecule has 2 N–H and O–H groups in total. The van der Waals surface area contributed by atoms with E-state index in [0.717, 1.165) is 18.7 Å². The third-order valence-electron chi connectivity index (χ3n) is 4.05. The van der Waals surface area contributed by atoms with Gasteiger partial charge >= 0.3 is 0 Å². The van der Waals surface area contributed by atoms with Crippen molar-refractivity contribution < 1.29 is 4.39 Å². The van der Waals surface area contributed by atoms with Crippen molar-refractivity contribution in [1.82, 2.24) is 4.90 Å². The van der Waals surface area contributed by atoms with Crippen molar-refractivity contribution in [3.05, 3.63) is 28.0 Å². The highest BCUT2D eigenvalue weighted by atomic mass is 79.9. The number of hydrogen-bond donors (Lipinski definition) is 1. The molecule has 0 heterocycles. The average Bonchev–Trinajstić information content (AvgIpc) is 2.42. The van der Waals surface area contributed by atoms with E-state index in [4.69, 9.17) is 5.73 Å². The van der Waals surface area contributed by atoms with Crippen LogP contribution in [0.4, 0.5) is 10.1 Å². The first-order valence-corrected chi connectivity index (χ1v) is 7.88. The van der Waals surface area contributed by atoms with E-state index in [-0.39, 0.29) is 18.2 Å². The molecule has 0 amide bonds. The predicted octanol–water partition coefficient (Wildman–Crippen LogP) is 4.75. The van der Waals surface area contributed by atoms with Crippen LogP contribution in [0.25, 0.3) is 0 Å². The summed E-state index contributed by atoms with van der Waals surface area (Å²) in [4.78, 5) is 2.43. The lowest BCUT2D eigenvalue weighted by Crippen LogP contribution is -2.36. The van der Waals surface area contributed by atoms with Gasteiger partial charge in [0.15, 0.2) is 0 Å². The van der Waals surface area contributed by atoms with Crippen LogP contribution < -0.4 is 5.73 Å². The maximum Gasteiger partial charge on any atom is 0.124 e. The molecule has 0 aliphatic heterocycles. The van der Waals surface area contributed by atoms with E-state index >= 15 is 0 Å². The highest BCUT2D eigenvalue weighted by Gasteiger charge is 2.21. The first kappa shape index (κ1) is 17.7. The van der Waals surface area contributed by atoms with Crippen molar-refractivity contribution in [3.63, 3.8) is 0 Å². The number of rotatable bonds is 4. The van der Waals surface area contributed by atoms with E-state index in [1.54, 1.807) is 6.07 Å². The van der Waals surface area contributed by atoms with Crippen LogP contribution in [0, 0.1) is 5.82 Å². The number of nitrogens with two attached hydrogens (primary N) is 1. The van der Waals surface area contributed by atoms with Crippen LogP contribution in [0.1, 0.15) is 44.6 Å². The summed E-state index contributed by atoms with van der Waals surface area (Å²) >= 11 is 3.32. The molecule has 1 fully saturated rings. The fourth-order valence-electron chi connectivity index (χ4n) is 2.93. The minimum Gasteiger partial charge on any atom is -0.398 e. The lowest BCUT2D eigenvalue weighted by Gasteiger charge is -2.33. The summed E-state index contributed by atoms with van der Waals surface area (Å²) < 4.78 is 14.2. The minimum atomic E-state index is -0.226. The summed E-state index contributed by atoms with van der Waals surface area (Å²) in [6.45, 7) is 3.89. The molecule has 1 saturated carbocycles. The van der Waals surface area contributed by atoms with Gasteiger partial charge in [-0.1, -0.05) is 26.2 Å². The Morgan fingerprint density at radius 2 is 1.95 bits per heavy atom. The largest absolute Gasteiger partial charge is 0.398 e. The molecule has 2 nitrogen and oxygen atoms in total. The lowest BCUT2D eigenvalue weighted by molar-refractivity contribution is 0.156. The normalized spacial score (nSPS) is 16.2. The molecule has 1 aromatic rings. The van der Waals surface area contributed by atoms with Crippen LogP contribution >= 0.6 is 28.3 Å². The topological polar surface area (TPSA) is 29.3 Å². The molecule has 1 aliphatic rings. The molecule has 0 bridgehead atoms. The van der Waals surface area contributed by atoms with Crippen molar-refractivity contribution in [2.75, 3.05) is 12.3 Å². The van der Waals surface area contributed by atoms with Crippen LogP contribution in [-0.4, -0.2) is 17.5 Å². The monoisotopic (exact) mass is 364 g/mol. The van der Waals surface area contributed by atoms with Gasteiger partial charge in [0.05, 0.1) is 5.69 Å². The van der Waals surface area contributed by atoms with E-state index in [0.29, 0.717) is 16.2 Å². The number of halogens is 3. The zero-order valence-electron chi connectivity index (χ0n) is 11.9. The molecular formula is C15H23BrClFN2. The maximum atomic E-state index is 13.5. The second-order valence-corrected chi connectivity index (χ2v) is 6.17. The van der Waals surface area contributed by atoms with Gasteiger partial charge in [-0.15, -0.1) is 12.4 Å². The molecule has 1 aromatic carbocycles. The van der Waals surface area contributed by atoms with E-state index in [1.807, 2.05) is 0 Å². The lowest BCUT2D eigenvalue weighted by atomic mass is 9.94. The van der Waals surface area contributed by atoms with Crippen molar-refractivity contribution in [2.45, 2.75) is 51.6 Å². The van der Waals surface area contributed by atoms with Gasteiger partial charge in [0, 0.05) is 17.1 Å². The Labute approximate surface area is 135 Å². The molecule has 0 radical (unpaired) electrons. The van der Waals surface area contributed by atoms with Crippen molar-refractivity contribution in [3.8, 4) is 0 Å². The second kappa shape index (κ2) is 8.20. The fourth-order valence-corrected chi connectivity index (χ4v) is 3.41. The summed E-state index contributed by atoms with van der Waals surface area (Å²) in [6, 6.07) is 3.61. The summed E-state index contributed by atoms with van der Waals surface area (Å²) in [5, 5.41) is 0. The van der Waals surface area contributed by atoms with Crippen LogP contribution in [0.5, 0.6) is 0 Å². The molecule has 0 spiro atoms. The van der Waals surface area contributed by atoms with E-state index in [2.05, 4.69) is 27.8 Å². The van der Waals surface area contributed by atoms with Gasteiger partial charge in [0.1, 0.15) is 5.82 Å². The van der Waals surface area contributed by atoms with Crippen LogP contribution in [0.2, 0.25) is 0 Å². The Balaban J connectivity index is 0.00000200. The summed E-state index contributed by atoms with van der Waals surface area (Å²) in [5.41, 5.74) is 7.59. The van der Waals surface area contributed by atoms with Gasteiger partial charge in [0.2, 0.25) is 0 Å². The van der Waals surface area contributed by atoms with Gasteiger partial charge in [-0.05, 0) is 53.0 Å². The Morgan fingerprint density at radius 3 is 2.55 bits per heavy atom. The number of anilines is 1. The van der Waals surface area contributed by atoms with Crippen LogP contribution in [0.15, 0.2) is 16.6 Å². The third-order valence-corrected chi connectivity index (χ3v) is 4.71. The summed E-state index contributed by atoms with van der Waals surface area (Å²) in [6.07, 6.45) is 6.48. The number of nitrogen functional groups attached to an aromatic ring is 1. The fraction of sp³-hybridized carbons (Fsp3) is 0.600. The van der Waals surface area contributed by atoms with Crippen LogP contribution in [-0.2, 0) is 6.54 Å². The molecule has 0 atom stereocenters. The molecule has 1 aliphatic carbocycles. The summed E-state index contributed by atoms with van der Waals surface area (Å²) in [7, 11) is 0. The van der Waals surface area contributed by atoms with Gasteiger partial charge < -0.3 is 5.73 Å². The highest BCUT2D eigenvalue weighted by Crippen LogP contribution is 2.29. The van der Waals surface area contributed by atoms with Crippen molar-refractivity contribution in [2.24, 2.45) is 0 Å². The second-order valence-electron chi connectivity index (χ2n) is 5.32. The zero-order valence-corrected chi connectivity index (χ0v) is 14.3. The van der Waals surface area contributed by atoms with E-state index in [1.165, 1.54) is 38.2 Å². The molecule has 2 rings (SSSR count). The first-order chi connectivity index (χ1) is 9.11. The van der Waals surface area contributed by atoms with Gasteiger partial charge in [-0.3, -0.25) is 4.90 Å². The molecule has 0 aromatic heterocycles. The molecule has 5 heteroatoms. The van der Waals surface area contributed by atoms with Gasteiger partial charge in [-0.25, -0.2) is 4.39 Å². The SMILES string of the molecule is CCN(Cc1cc(F)cc(Br)c1N)C1CCCCC1.Cl. The quantitative estimate of drug-likeness (QED) is 0.780. The smallest absolute Gasteiger partial charge is 0.124 e. The maximum absolute atomic E-state index is 13.5. The van der Waals surface area contributed by atoms with Crippen molar-refractivity contribution >= 4 is 34.0 Å². The van der Waals surface area contributed by atoms with Gasteiger partial charge in [-0.2, -0.15) is 0 Å². The third kappa shape index (κ3) is 4.34. The van der Waals surface area contributed by atoms with E-state index < -0.39 is 0 Å². The Hall–Kier alpha value is -0.320. The standard InChI is InChI=1S/C15H22BrFN2.ClH/c1-2-19(13-6-4-3-5-7-13)10-11-8-12(17)9-14(16)15(11)18;/h8-9,13H,2-7,10,18H2,1H3;1H. The highest BCUT2D eigenvalue weighted by molar-refractivity contribution is 9.10. The molecule has 114 valence electrons. The molecule has 0 saturated heterocycles. The zero-order chi connectivity index (χ0) is 13.8. The Morgan fingerprint density at radius 1 is 1.30 bits per heavy atom. The average molecular weight is 366 g/mol. The number of nitrogens with zero attached hydrogens (tertiary/aromatic N) is 1. The number of hydrogen-bond acceptors (Lipinski definition) is 2. The molecule has 20 heavy (non-hydrogen) atoms. The first-order valence-electron chi connectivity index (χ1n) is 7.09. The molecular weight excluding hydrogens is 343 g/mol.